The van der Waals surface area contributed by atoms with Crippen LogP contribution in [0.1, 0.15) is 48.8 Å². The second-order valence-electron chi connectivity index (χ2n) is 11.9. The number of aromatic nitrogens is 2. The number of hydrogen-bond donors (Lipinski definition) is 1. The number of pyridine rings is 2. The van der Waals surface area contributed by atoms with Crippen molar-refractivity contribution in [2.75, 3.05) is 50.1 Å². The number of amides is 2. The molecule has 0 saturated carbocycles. The third kappa shape index (κ3) is 5.67. The van der Waals surface area contributed by atoms with Crippen molar-refractivity contribution in [2.24, 2.45) is 0 Å². The van der Waals surface area contributed by atoms with E-state index in [1.807, 2.05) is 42.6 Å². The Balaban J connectivity index is 1.33. The number of ether oxygens (including phenoxy) is 2. The minimum atomic E-state index is -0.734. The number of piperazine rings is 1. The number of likely N-dealkylation sites (N-methyl/N-ethyl adjacent to an activating group) is 1. The predicted octanol–water partition coefficient (Wildman–Crippen LogP) is 5.29. The lowest BCUT2D eigenvalue weighted by Gasteiger charge is -2.33. The average molecular weight is 569 g/mol. The van der Waals surface area contributed by atoms with Gasteiger partial charge in [0, 0.05) is 44.4 Å². The van der Waals surface area contributed by atoms with Gasteiger partial charge in [-0.05, 0) is 74.8 Å². The normalized spacial score (nSPS) is 17.1. The molecule has 5 heterocycles. The van der Waals surface area contributed by atoms with Crippen LogP contribution >= 0.6 is 0 Å². The molecule has 1 saturated heterocycles. The van der Waals surface area contributed by atoms with Gasteiger partial charge in [-0.2, -0.15) is 0 Å². The summed E-state index contributed by atoms with van der Waals surface area (Å²) in [6.45, 7) is 10.0. The molecule has 0 atom stereocenters. The van der Waals surface area contributed by atoms with E-state index in [-0.39, 0.29) is 6.54 Å². The quantitative estimate of drug-likeness (QED) is 0.440. The molecule has 0 radical (unpaired) electrons. The van der Waals surface area contributed by atoms with E-state index in [9.17, 15) is 9.59 Å². The highest BCUT2D eigenvalue weighted by Gasteiger charge is 2.38. The molecule has 42 heavy (non-hydrogen) atoms. The maximum absolute atomic E-state index is 13.8. The van der Waals surface area contributed by atoms with Crippen LogP contribution in [0.3, 0.4) is 0 Å². The second-order valence-corrected chi connectivity index (χ2v) is 11.9. The first-order valence-corrected chi connectivity index (χ1v) is 14.3. The fourth-order valence-electron chi connectivity index (χ4n) is 5.46. The van der Waals surface area contributed by atoms with Gasteiger partial charge in [-0.3, -0.25) is 9.78 Å². The number of anilines is 3. The molecule has 0 spiro atoms. The smallest absolute Gasteiger partial charge is 0.417 e. The van der Waals surface area contributed by atoms with Gasteiger partial charge in [-0.15, -0.1) is 0 Å². The summed E-state index contributed by atoms with van der Waals surface area (Å²) in [5.74, 6) is 0.213. The Morgan fingerprint density at radius 1 is 1.05 bits per heavy atom. The summed E-state index contributed by atoms with van der Waals surface area (Å²) in [5.41, 5.74) is 5.74. The molecule has 3 aromatic rings. The van der Waals surface area contributed by atoms with Crippen LogP contribution in [0.15, 0.2) is 55.1 Å². The maximum Gasteiger partial charge on any atom is 0.417 e. The molecular formula is C32H36N6O4. The minimum Gasteiger partial charge on any atom is -0.500 e. The van der Waals surface area contributed by atoms with Crippen molar-refractivity contribution in [1.82, 2.24) is 19.8 Å². The van der Waals surface area contributed by atoms with Crippen LogP contribution in [0.4, 0.5) is 22.0 Å². The number of benzene rings is 1. The van der Waals surface area contributed by atoms with Crippen molar-refractivity contribution in [3.05, 3.63) is 71.9 Å². The number of nitrogens with zero attached hydrogens (tertiary/aromatic N) is 5. The van der Waals surface area contributed by atoms with Crippen molar-refractivity contribution in [2.45, 2.75) is 39.3 Å². The Bertz CT molecular complexity index is 1540. The van der Waals surface area contributed by atoms with Crippen LogP contribution in [-0.4, -0.2) is 77.2 Å². The van der Waals surface area contributed by atoms with Crippen molar-refractivity contribution in [3.63, 3.8) is 0 Å². The summed E-state index contributed by atoms with van der Waals surface area (Å²) in [4.78, 5) is 41.9. The molecule has 10 nitrogen and oxygen atoms in total. The lowest BCUT2D eigenvalue weighted by atomic mass is 9.95. The van der Waals surface area contributed by atoms with Gasteiger partial charge in [0.2, 0.25) is 0 Å². The van der Waals surface area contributed by atoms with Gasteiger partial charge in [0.1, 0.15) is 11.4 Å². The molecule has 1 aromatic carbocycles. The lowest BCUT2D eigenvalue weighted by molar-refractivity contribution is 0.0248. The summed E-state index contributed by atoms with van der Waals surface area (Å²) in [6.07, 6.45) is 5.49. The van der Waals surface area contributed by atoms with Gasteiger partial charge >= 0.3 is 6.09 Å². The van der Waals surface area contributed by atoms with E-state index in [0.717, 1.165) is 66.2 Å². The fraction of sp³-hybridized carbons (Fsp3) is 0.375. The zero-order valence-corrected chi connectivity index (χ0v) is 24.5. The molecule has 3 aliphatic rings. The summed E-state index contributed by atoms with van der Waals surface area (Å²) < 4.78 is 11.0. The maximum atomic E-state index is 13.8. The molecule has 3 aliphatic heterocycles. The Hall–Kier alpha value is -4.44. The molecule has 2 amide bonds. The third-order valence-electron chi connectivity index (χ3n) is 7.70. The highest BCUT2D eigenvalue weighted by Crippen LogP contribution is 2.39. The van der Waals surface area contributed by atoms with E-state index in [1.54, 1.807) is 33.2 Å². The van der Waals surface area contributed by atoms with Crippen LogP contribution in [0.2, 0.25) is 0 Å². The number of fused-ring (bicyclic) bond motifs is 1. The fourth-order valence-corrected chi connectivity index (χ4v) is 5.46. The Labute approximate surface area is 245 Å². The minimum absolute atomic E-state index is 0.104. The summed E-state index contributed by atoms with van der Waals surface area (Å²) >= 11 is 0. The van der Waals surface area contributed by atoms with Crippen LogP contribution in [0.5, 0.6) is 0 Å². The van der Waals surface area contributed by atoms with Gasteiger partial charge in [0.25, 0.3) is 5.91 Å². The van der Waals surface area contributed by atoms with E-state index >= 15 is 0 Å². The largest absolute Gasteiger partial charge is 0.500 e. The topological polar surface area (TPSA) is 100 Å². The summed E-state index contributed by atoms with van der Waals surface area (Å²) in [5, 5.41) is 3.34. The molecule has 1 N–H and O–H groups in total. The first-order valence-electron chi connectivity index (χ1n) is 14.3. The molecule has 218 valence electrons. The van der Waals surface area contributed by atoms with Gasteiger partial charge in [0.05, 0.1) is 48.2 Å². The molecule has 6 rings (SSSR count). The first kappa shape index (κ1) is 27.7. The summed E-state index contributed by atoms with van der Waals surface area (Å²) in [7, 11) is 2.13. The molecular weight excluding hydrogens is 532 g/mol. The molecule has 0 bridgehead atoms. The van der Waals surface area contributed by atoms with Crippen LogP contribution in [0, 0.1) is 0 Å². The van der Waals surface area contributed by atoms with Crippen LogP contribution < -0.4 is 10.2 Å². The second kappa shape index (κ2) is 11.1. The van der Waals surface area contributed by atoms with E-state index in [4.69, 9.17) is 9.47 Å². The zero-order chi connectivity index (χ0) is 29.4. The van der Waals surface area contributed by atoms with Gasteiger partial charge in [0.15, 0.2) is 0 Å². The Morgan fingerprint density at radius 2 is 1.86 bits per heavy atom. The highest BCUT2D eigenvalue weighted by molar-refractivity contribution is 6.11. The van der Waals surface area contributed by atoms with Crippen molar-refractivity contribution < 1.29 is 19.1 Å². The standard InChI is InChI=1S/C32H36N6O4/c1-32(2,3)42-31(40)38-19-25-24(21-9-11-33-27(17-21)22-10-16-41-20-22)6-7-26(29(25)30(38)39)35-28-8-5-23(18-34-28)37-14-12-36(4)13-15-37/h5-9,11,17-18,20H,10,12-16,19H2,1-4H3,(H,34,35). The van der Waals surface area contributed by atoms with Gasteiger partial charge < -0.3 is 24.6 Å². The van der Waals surface area contributed by atoms with E-state index in [1.165, 1.54) is 4.90 Å². The number of hydrogen-bond acceptors (Lipinski definition) is 9. The Kier molecular flexibility index (Phi) is 7.32. The van der Waals surface area contributed by atoms with Gasteiger partial charge in [-0.1, -0.05) is 6.07 Å². The number of rotatable bonds is 5. The van der Waals surface area contributed by atoms with E-state index < -0.39 is 17.6 Å². The number of imide groups is 1. The van der Waals surface area contributed by atoms with E-state index in [0.29, 0.717) is 23.7 Å². The Morgan fingerprint density at radius 3 is 2.55 bits per heavy atom. The first-order chi connectivity index (χ1) is 20.2. The molecule has 2 aromatic heterocycles. The molecule has 1 fully saturated rings. The molecule has 0 unspecified atom stereocenters. The average Bonchev–Trinajstić information content (AvgIpc) is 3.62. The monoisotopic (exact) mass is 568 g/mol. The number of carbonyl (C=O) groups is 2. The summed E-state index contributed by atoms with van der Waals surface area (Å²) in [6, 6.07) is 11.7. The molecule has 10 heteroatoms. The number of nitrogens with one attached hydrogen (secondary N) is 1. The lowest BCUT2D eigenvalue weighted by Crippen LogP contribution is -2.44. The van der Waals surface area contributed by atoms with Crippen molar-refractivity contribution >= 4 is 34.8 Å². The third-order valence-corrected chi connectivity index (χ3v) is 7.70. The van der Waals surface area contributed by atoms with Crippen molar-refractivity contribution in [3.8, 4) is 11.1 Å². The SMILES string of the molecule is CN1CCN(c2ccc(Nc3ccc(-c4ccnc(C5=COCC5)c4)c4c3C(=O)N(C(=O)OC(C)(C)C)C4)nc2)CC1. The predicted molar refractivity (Wildman–Crippen MR) is 162 cm³/mol. The van der Waals surface area contributed by atoms with Crippen LogP contribution in [0.25, 0.3) is 16.7 Å². The molecule has 0 aliphatic carbocycles. The van der Waals surface area contributed by atoms with Crippen LogP contribution in [-0.2, 0) is 16.0 Å². The zero-order valence-electron chi connectivity index (χ0n) is 24.5. The highest BCUT2D eigenvalue weighted by atomic mass is 16.6. The van der Waals surface area contributed by atoms with Crippen molar-refractivity contribution in [1.29, 1.82) is 0 Å². The number of carbonyl (C=O) groups excluding carboxylic acids is 2. The van der Waals surface area contributed by atoms with Gasteiger partial charge in [-0.25, -0.2) is 14.7 Å². The van der Waals surface area contributed by atoms with E-state index in [2.05, 4.69) is 32.1 Å².